The van der Waals surface area contributed by atoms with E-state index in [4.69, 9.17) is 0 Å². The molecule has 0 saturated carbocycles. The Morgan fingerprint density at radius 2 is 2.08 bits per heavy atom. The Kier molecular flexibility index (Phi) is 2.89. The molecule has 0 radical (unpaired) electrons. The first-order valence-corrected chi connectivity index (χ1v) is 4.87. The van der Waals surface area contributed by atoms with Gasteiger partial charge >= 0.3 is 0 Å². The topological polar surface area (TPSA) is 21.5 Å². The number of rotatable bonds is 1. The van der Waals surface area contributed by atoms with Crippen molar-refractivity contribution in [3.63, 3.8) is 0 Å². The van der Waals surface area contributed by atoms with Crippen LogP contribution in [0.2, 0.25) is 0 Å². The summed E-state index contributed by atoms with van der Waals surface area (Å²) in [5.41, 5.74) is 0. The Hall–Kier alpha value is -0.370. The number of carbonyl (C=O) groups excluding carboxylic acids is 1. The minimum Gasteiger partial charge on any atom is -0.328 e. The van der Waals surface area contributed by atoms with Gasteiger partial charge in [-0.3, -0.25) is 4.79 Å². The van der Waals surface area contributed by atoms with E-state index < -0.39 is 0 Å². The summed E-state index contributed by atoms with van der Waals surface area (Å²) in [4.78, 5) is 13.0. The summed E-state index contributed by atoms with van der Waals surface area (Å²) in [7, 11) is 2.14. The monoisotopic (exact) mass is 170 g/mol. The molecule has 2 nitrogen and oxygen atoms in total. The fourth-order valence-corrected chi connectivity index (χ4v) is 2.43. The van der Waals surface area contributed by atoms with Crippen LogP contribution in [-0.4, -0.2) is 25.4 Å². The van der Waals surface area contributed by atoms with Crippen molar-refractivity contribution in [1.29, 1.82) is 0 Å². The van der Waals surface area contributed by atoms with Gasteiger partial charge in [-0.2, -0.15) is 0 Å². The molecule has 1 aliphatic rings. The fraction of sp³-hybridized carbons (Fsp3) is 0.900. The molecule has 1 N–H and O–H groups in total. The molecule has 0 amide bonds. The van der Waals surface area contributed by atoms with Crippen molar-refractivity contribution in [2.45, 2.75) is 33.2 Å². The third kappa shape index (κ3) is 1.86. The summed E-state index contributed by atoms with van der Waals surface area (Å²) in [5.74, 6) is 1.53. The Balaban J connectivity index is 2.67. The highest BCUT2D eigenvalue weighted by atomic mass is 16.1. The Morgan fingerprint density at radius 3 is 2.50 bits per heavy atom. The second-order valence-electron chi connectivity index (χ2n) is 4.55. The van der Waals surface area contributed by atoms with Gasteiger partial charge in [0.1, 0.15) is 6.04 Å². The van der Waals surface area contributed by atoms with Crippen LogP contribution in [0, 0.1) is 11.8 Å². The number of piperidine rings is 1. The minimum atomic E-state index is 0.251. The van der Waals surface area contributed by atoms with Crippen molar-refractivity contribution < 1.29 is 9.69 Å². The minimum absolute atomic E-state index is 0.251. The summed E-state index contributed by atoms with van der Waals surface area (Å²) in [6.45, 7) is 7.59. The van der Waals surface area contributed by atoms with Crippen LogP contribution in [0.3, 0.4) is 0 Å². The van der Waals surface area contributed by atoms with Crippen LogP contribution in [0.5, 0.6) is 0 Å². The molecule has 12 heavy (non-hydrogen) atoms. The number of likely N-dealkylation sites (N-methyl/N-ethyl adjacent to an activating group) is 1. The van der Waals surface area contributed by atoms with E-state index in [2.05, 4.69) is 27.8 Å². The molecule has 1 fully saturated rings. The van der Waals surface area contributed by atoms with Crippen molar-refractivity contribution in [2.24, 2.45) is 11.8 Å². The van der Waals surface area contributed by atoms with E-state index in [-0.39, 0.29) is 6.04 Å². The molecule has 1 rings (SSSR count). The van der Waals surface area contributed by atoms with Crippen LogP contribution < -0.4 is 4.90 Å². The smallest absolute Gasteiger partial charge is 0.190 e. The molecule has 0 aliphatic carbocycles. The summed E-state index contributed by atoms with van der Waals surface area (Å²) in [5, 5.41) is 0. The van der Waals surface area contributed by atoms with Crippen LogP contribution >= 0.6 is 0 Å². The molecular formula is C10H20NO+. The first-order valence-electron chi connectivity index (χ1n) is 4.87. The predicted octanol–water partition coefficient (Wildman–Crippen LogP) is 0.135. The van der Waals surface area contributed by atoms with Crippen LogP contribution in [-0.2, 0) is 4.79 Å². The van der Waals surface area contributed by atoms with Gasteiger partial charge in [-0.1, -0.05) is 20.8 Å². The number of quaternary nitrogens is 1. The zero-order valence-electron chi connectivity index (χ0n) is 8.55. The van der Waals surface area contributed by atoms with Crippen molar-refractivity contribution in [3.05, 3.63) is 0 Å². The normalized spacial score (nSPS) is 37.4. The Bertz CT molecular complexity index is 177. The van der Waals surface area contributed by atoms with E-state index in [0.717, 1.165) is 13.0 Å². The zero-order chi connectivity index (χ0) is 9.30. The van der Waals surface area contributed by atoms with Crippen LogP contribution in [0.25, 0.3) is 0 Å². The summed E-state index contributed by atoms with van der Waals surface area (Å²) >= 11 is 0. The maximum absolute atomic E-state index is 11.6. The molecule has 1 unspecified atom stereocenters. The van der Waals surface area contributed by atoms with Crippen molar-refractivity contribution in [1.82, 2.24) is 0 Å². The lowest BCUT2D eigenvalue weighted by atomic mass is 9.87. The Morgan fingerprint density at radius 1 is 1.50 bits per heavy atom. The second kappa shape index (κ2) is 3.56. The fourth-order valence-electron chi connectivity index (χ4n) is 2.43. The number of carbonyl (C=O) groups is 1. The van der Waals surface area contributed by atoms with Gasteiger partial charge < -0.3 is 4.90 Å². The average Bonchev–Trinajstić information content (AvgIpc) is 1.82. The molecule has 70 valence electrons. The molecule has 2 heteroatoms. The maximum atomic E-state index is 11.6. The first-order chi connectivity index (χ1) is 5.52. The summed E-state index contributed by atoms with van der Waals surface area (Å²) < 4.78 is 0. The van der Waals surface area contributed by atoms with E-state index in [9.17, 15) is 4.79 Å². The van der Waals surface area contributed by atoms with Gasteiger partial charge in [0.15, 0.2) is 5.78 Å². The van der Waals surface area contributed by atoms with Gasteiger partial charge in [0.2, 0.25) is 0 Å². The lowest BCUT2D eigenvalue weighted by Crippen LogP contribution is -3.16. The average molecular weight is 170 g/mol. The van der Waals surface area contributed by atoms with Crippen molar-refractivity contribution >= 4 is 5.78 Å². The molecule has 3 atom stereocenters. The number of Topliss-reactive ketones (excluding diaryl/α,β-unsaturated/α-hetero) is 1. The van der Waals surface area contributed by atoms with E-state index >= 15 is 0 Å². The number of ketones is 1. The number of hydrogen-bond donors (Lipinski definition) is 1. The van der Waals surface area contributed by atoms with Gasteiger partial charge in [0.05, 0.1) is 13.6 Å². The Labute approximate surface area is 74.9 Å². The lowest BCUT2D eigenvalue weighted by Gasteiger charge is -2.33. The highest BCUT2D eigenvalue weighted by Gasteiger charge is 2.36. The third-order valence-electron chi connectivity index (χ3n) is 2.76. The SMILES string of the molecule is CC(C)[C@@H]1C(=O)C[C@@H](C)C[NH+]1C. The van der Waals surface area contributed by atoms with Crippen molar-refractivity contribution in [2.75, 3.05) is 13.6 Å². The van der Waals surface area contributed by atoms with Crippen LogP contribution in [0.4, 0.5) is 0 Å². The molecule has 0 aromatic heterocycles. The lowest BCUT2D eigenvalue weighted by molar-refractivity contribution is -0.906. The van der Waals surface area contributed by atoms with Gasteiger partial charge in [0, 0.05) is 18.3 Å². The number of hydrogen-bond acceptors (Lipinski definition) is 1. The molecule has 1 saturated heterocycles. The van der Waals surface area contributed by atoms with E-state index in [1.54, 1.807) is 0 Å². The largest absolute Gasteiger partial charge is 0.328 e. The van der Waals surface area contributed by atoms with Crippen molar-refractivity contribution in [3.8, 4) is 0 Å². The van der Waals surface area contributed by atoms with Crippen LogP contribution in [0.15, 0.2) is 0 Å². The number of likely N-dealkylation sites (tertiary alicyclic amines) is 1. The van der Waals surface area contributed by atoms with Gasteiger partial charge in [-0.25, -0.2) is 0 Å². The number of nitrogens with one attached hydrogen (secondary N) is 1. The second-order valence-corrected chi connectivity index (χ2v) is 4.55. The standard InChI is InChI=1S/C10H19NO/c1-7(2)10-9(12)5-8(3)6-11(10)4/h7-8,10H,5-6H2,1-4H3/p+1/t8-,10-/m1/s1. The zero-order valence-corrected chi connectivity index (χ0v) is 8.55. The predicted molar refractivity (Wildman–Crippen MR) is 49.2 cm³/mol. The third-order valence-corrected chi connectivity index (χ3v) is 2.76. The van der Waals surface area contributed by atoms with Crippen LogP contribution in [0.1, 0.15) is 27.2 Å². The maximum Gasteiger partial charge on any atom is 0.190 e. The van der Waals surface area contributed by atoms with Gasteiger partial charge in [0.25, 0.3) is 0 Å². The summed E-state index contributed by atoms with van der Waals surface area (Å²) in [6.07, 6.45) is 0.792. The van der Waals surface area contributed by atoms with E-state index in [0.29, 0.717) is 17.6 Å². The highest BCUT2D eigenvalue weighted by Crippen LogP contribution is 2.11. The molecule has 0 spiro atoms. The highest BCUT2D eigenvalue weighted by molar-refractivity contribution is 5.83. The molecule has 0 aromatic rings. The molecule has 1 aliphatic heterocycles. The first kappa shape index (κ1) is 9.72. The summed E-state index contributed by atoms with van der Waals surface area (Å²) in [6, 6.07) is 0.251. The molecule has 1 heterocycles. The van der Waals surface area contributed by atoms with E-state index in [1.165, 1.54) is 4.90 Å². The van der Waals surface area contributed by atoms with E-state index in [1.807, 2.05) is 0 Å². The van der Waals surface area contributed by atoms with Gasteiger partial charge in [-0.05, 0) is 0 Å². The quantitative estimate of drug-likeness (QED) is 0.594. The molecule has 0 bridgehead atoms. The molecule has 0 aromatic carbocycles. The molecular weight excluding hydrogens is 150 g/mol. The van der Waals surface area contributed by atoms with Gasteiger partial charge in [-0.15, -0.1) is 0 Å².